The van der Waals surface area contributed by atoms with Gasteiger partial charge < -0.3 is 14.9 Å². The molecule has 128 valence electrons. The number of nitrogens with zero attached hydrogens (tertiary/aromatic N) is 4. The minimum atomic E-state index is 0.0326. The summed E-state index contributed by atoms with van der Waals surface area (Å²) < 4.78 is 0. The summed E-state index contributed by atoms with van der Waals surface area (Å²) in [7, 11) is 2.15. The third kappa shape index (κ3) is 3.08. The van der Waals surface area contributed by atoms with Crippen molar-refractivity contribution < 1.29 is 5.11 Å². The van der Waals surface area contributed by atoms with Crippen LogP contribution in [0.25, 0.3) is 22.0 Å². The molecule has 0 saturated carbocycles. The Morgan fingerprint density at radius 2 is 1.80 bits per heavy atom. The van der Waals surface area contributed by atoms with Crippen molar-refractivity contribution in [2.75, 3.05) is 38.1 Å². The zero-order valence-electron chi connectivity index (χ0n) is 14.4. The Balaban J connectivity index is 1.80. The van der Waals surface area contributed by atoms with Crippen LogP contribution >= 0.6 is 0 Å². The number of hydrogen-bond acceptors (Lipinski definition) is 5. The molecule has 2 aromatic carbocycles. The van der Waals surface area contributed by atoms with Crippen LogP contribution in [0.1, 0.15) is 5.56 Å². The van der Waals surface area contributed by atoms with Crippen molar-refractivity contribution >= 4 is 16.7 Å². The summed E-state index contributed by atoms with van der Waals surface area (Å²) in [6.07, 6.45) is 1.65. The van der Waals surface area contributed by atoms with Gasteiger partial charge in [0.1, 0.15) is 12.1 Å². The van der Waals surface area contributed by atoms with Crippen molar-refractivity contribution in [3.8, 4) is 11.1 Å². The smallest absolute Gasteiger partial charge is 0.139 e. The number of piperazine rings is 1. The third-order valence-corrected chi connectivity index (χ3v) is 4.92. The van der Waals surface area contributed by atoms with E-state index in [0.717, 1.165) is 59.6 Å². The van der Waals surface area contributed by atoms with Gasteiger partial charge in [0.25, 0.3) is 0 Å². The Hall–Kier alpha value is -2.50. The molecule has 0 radical (unpaired) electrons. The summed E-state index contributed by atoms with van der Waals surface area (Å²) in [5, 5.41) is 10.7. The SMILES string of the molecule is CN1CCN(c2ncnc3ccc(-c4ccccc4CO)cc23)CC1. The molecule has 0 aliphatic carbocycles. The highest BCUT2D eigenvalue weighted by Gasteiger charge is 2.18. The second-order valence-electron chi connectivity index (χ2n) is 6.53. The average molecular weight is 334 g/mol. The van der Waals surface area contributed by atoms with Gasteiger partial charge in [-0.25, -0.2) is 9.97 Å². The van der Waals surface area contributed by atoms with E-state index >= 15 is 0 Å². The number of rotatable bonds is 3. The monoisotopic (exact) mass is 334 g/mol. The third-order valence-electron chi connectivity index (χ3n) is 4.92. The average Bonchev–Trinajstić information content (AvgIpc) is 2.68. The normalized spacial score (nSPS) is 15.7. The van der Waals surface area contributed by atoms with Gasteiger partial charge in [0.05, 0.1) is 12.1 Å². The second-order valence-corrected chi connectivity index (χ2v) is 6.53. The van der Waals surface area contributed by atoms with Crippen LogP contribution in [0.5, 0.6) is 0 Å². The predicted octanol–water partition coefficient (Wildman–Crippen LogP) is 2.54. The second kappa shape index (κ2) is 6.78. The van der Waals surface area contributed by atoms with E-state index in [1.807, 2.05) is 30.3 Å². The molecule has 1 aromatic heterocycles. The minimum absolute atomic E-state index is 0.0326. The lowest BCUT2D eigenvalue weighted by Crippen LogP contribution is -2.44. The fraction of sp³-hybridized carbons (Fsp3) is 0.300. The predicted molar refractivity (Wildman–Crippen MR) is 101 cm³/mol. The highest BCUT2D eigenvalue weighted by Crippen LogP contribution is 2.30. The molecule has 5 heteroatoms. The number of anilines is 1. The van der Waals surface area contributed by atoms with Crippen LogP contribution in [0.3, 0.4) is 0 Å². The fourth-order valence-electron chi connectivity index (χ4n) is 3.42. The van der Waals surface area contributed by atoms with Gasteiger partial charge in [-0.15, -0.1) is 0 Å². The minimum Gasteiger partial charge on any atom is -0.392 e. The first-order valence-electron chi connectivity index (χ1n) is 8.63. The molecule has 1 aliphatic rings. The number of likely N-dealkylation sites (N-methyl/N-ethyl adjacent to an activating group) is 1. The maximum absolute atomic E-state index is 9.64. The molecule has 0 unspecified atom stereocenters. The molecule has 25 heavy (non-hydrogen) atoms. The number of aliphatic hydroxyl groups excluding tert-OH is 1. The van der Waals surface area contributed by atoms with Crippen molar-refractivity contribution in [3.05, 3.63) is 54.4 Å². The van der Waals surface area contributed by atoms with E-state index in [1.54, 1.807) is 6.33 Å². The van der Waals surface area contributed by atoms with Crippen molar-refractivity contribution in [2.24, 2.45) is 0 Å². The first kappa shape index (κ1) is 16.0. The zero-order valence-corrected chi connectivity index (χ0v) is 14.4. The largest absolute Gasteiger partial charge is 0.392 e. The van der Waals surface area contributed by atoms with E-state index in [2.05, 4.69) is 38.9 Å². The molecular formula is C20H22N4O. The first-order valence-corrected chi connectivity index (χ1v) is 8.63. The Labute approximate surface area is 147 Å². The maximum atomic E-state index is 9.64. The van der Waals surface area contributed by atoms with E-state index in [1.165, 1.54) is 0 Å². The van der Waals surface area contributed by atoms with Gasteiger partial charge in [-0.1, -0.05) is 30.3 Å². The standard InChI is InChI=1S/C20H22N4O/c1-23-8-10-24(11-9-23)20-18-12-15(6-7-19(18)21-14-22-20)17-5-3-2-4-16(17)13-25/h2-7,12,14,25H,8-11,13H2,1H3. The van der Waals surface area contributed by atoms with Crippen LogP contribution in [0.4, 0.5) is 5.82 Å². The van der Waals surface area contributed by atoms with Gasteiger partial charge in [-0.05, 0) is 35.9 Å². The van der Waals surface area contributed by atoms with Crippen LogP contribution in [0.2, 0.25) is 0 Å². The summed E-state index contributed by atoms with van der Waals surface area (Å²) >= 11 is 0. The maximum Gasteiger partial charge on any atom is 0.139 e. The van der Waals surface area contributed by atoms with Gasteiger partial charge in [0.15, 0.2) is 0 Å². The van der Waals surface area contributed by atoms with Gasteiger partial charge in [0.2, 0.25) is 0 Å². The van der Waals surface area contributed by atoms with Gasteiger partial charge >= 0.3 is 0 Å². The van der Waals surface area contributed by atoms with E-state index in [0.29, 0.717) is 0 Å². The van der Waals surface area contributed by atoms with Crippen molar-refractivity contribution in [2.45, 2.75) is 6.61 Å². The lowest BCUT2D eigenvalue weighted by Gasteiger charge is -2.33. The molecule has 5 nitrogen and oxygen atoms in total. The van der Waals surface area contributed by atoms with E-state index in [9.17, 15) is 5.11 Å². The number of fused-ring (bicyclic) bond motifs is 1. The molecular weight excluding hydrogens is 312 g/mol. The van der Waals surface area contributed by atoms with Crippen LogP contribution in [0.15, 0.2) is 48.8 Å². The Kier molecular flexibility index (Phi) is 4.34. The van der Waals surface area contributed by atoms with Crippen LogP contribution in [-0.2, 0) is 6.61 Å². The van der Waals surface area contributed by atoms with Crippen molar-refractivity contribution in [1.82, 2.24) is 14.9 Å². The summed E-state index contributed by atoms with van der Waals surface area (Å²) in [5.74, 6) is 1.00. The molecule has 1 aliphatic heterocycles. The van der Waals surface area contributed by atoms with E-state index < -0.39 is 0 Å². The Morgan fingerprint density at radius 1 is 1.00 bits per heavy atom. The fourth-order valence-corrected chi connectivity index (χ4v) is 3.42. The molecule has 0 bridgehead atoms. The summed E-state index contributed by atoms with van der Waals surface area (Å²) in [4.78, 5) is 13.7. The van der Waals surface area contributed by atoms with Gasteiger partial charge in [-0.3, -0.25) is 0 Å². The van der Waals surface area contributed by atoms with E-state index in [4.69, 9.17) is 0 Å². The zero-order chi connectivity index (χ0) is 17.2. The molecule has 4 rings (SSSR count). The Bertz CT molecular complexity index is 888. The molecule has 1 N–H and O–H groups in total. The summed E-state index contributed by atoms with van der Waals surface area (Å²) in [6.45, 7) is 4.06. The first-order chi connectivity index (χ1) is 12.3. The topological polar surface area (TPSA) is 52.5 Å². The van der Waals surface area contributed by atoms with E-state index in [-0.39, 0.29) is 6.61 Å². The highest BCUT2D eigenvalue weighted by molar-refractivity contribution is 5.93. The number of aromatic nitrogens is 2. The summed E-state index contributed by atoms with van der Waals surface area (Å²) in [6, 6.07) is 14.2. The quantitative estimate of drug-likeness (QED) is 0.798. The molecule has 0 amide bonds. The number of benzene rings is 2. The van der Waals surface area contributed by atoms with Crippen molar-refractivity contribution in [1.29, 1.82) is 0 Å². The molecule has 0 spiro atoms. The number of hydrogen-bond donors (Lipinski definition) is 1. The Morgan fingerprint density at radius 3 is 2.60 bits per heavy atom. The summed E-state index contributed by atoms with van der Waals surface area (Å²) in [5.41, 5.74) is 4.02. The number of aliphatic hydroxyl groups is 1. The van der Waals surface area contributed by atoms with Crippen LogP contribution in [-0.4, -0.2) is 53.2 Å². The molecule has 3 aromatic rings. The molecule has 2 heterocycles. The van der Waals surface area contributed by atoms with Gasteiger partial charge in [0, 0.05) is 31.6 Å². The lowest BCUT2D eigenvalue weighted by atomic mass is 9.98. The molecule has 1 fully saturated rings. The molecule has 1 saturated heterocycles. The lowest BCUT2D eigenvalue weighted by molar-refractivity contribution is 0.282. The van der Waals surface area contributed by atoms with Crippen LogP contribution < -0.4 is 4.90 Å². The van der Waals surface area contributed by atoms with Crippen molar-refractivity contribution in [3.63, 3.8) is 0 Å². The highest BCUT2D eigenvalue weighted by atomic mass is 16.3. The molecule has 0 atom stereocenters. The van der Waals surface area contributed by atoms with Gasteiger partial charge in [-0.2, -0.15) is 0 Å². The van der Waals surface area contributed by atoms with Crippen LogP contribution in [0, 0.1) is 0 Å².